The molecule has 0 heterocycles. The Morgan fingerprint density at radius 1 is 1.09 bits per heavy atom. The first kappa shape index (κ1) is 17.8. The highest BCUT2D eigenvalue weighted by atomic mass is 16.6. The van der Waals surface area contributed by atoms with E-state index >= 15 is 0 Å². The molecule has 0 atom stereocenters. The third-order valence-electron chi connectivity index (χ3n) is 2.73. The second kappa shape index (κ2) is 8.26. The highest BCUT2D eigenvalue weighted by molar-refractivity contribution is 5.94. The Labute approximate surface area is 131 Å². The Kier molecular flexibility index (Phi) is 6.69. The molecule has 0 aliphatic rings. The number of nitrogens with one attached hydrogen (secondary N) is 3. The summed E-state index contributed by atoms with van der Waals surface area (Å²) in [4.78, 5) is 22.8. The highest BCUT2D eigenvalue weighted by Gasteiger charge is 2.15. The molecule has 0 spiro atoms. The number of carbonyl (C=O) groups is 2. The van der Waals surface area contributed by atoms with Crippen molar-refractivity contribution in [3.8, 4) is 0 Å². The maximum Gasteiger partial charge on any atom is 0.407 e. The van der Waals surface area contributed by atoms with E-state index in [1.54, 1.807) is 19.2 Å². The molecule has 0 aromatic heterocycles. The van der Waals surface area contributed by atoms with Crippen LogP contribution in [0.15, 0.2) is 24.3 Å². The Hall–Kier alpha value is -2.24. The molecule has 1 rings (SSSR count). The number of amides is 2. The van der Waals surface area contributed by atoms with E-state index in [1.165, 1.54) is 0 Å². The second-order valence-electron chi connectivity index (χ2n) is 5.87. The van der Waals surface area contributed by atoms with Crippen molar-refractivity contribution in [3.63, 3.8) is 0 Å². The number of benzene rings is 1. The lowest BCUT2D eigenvalue weighted by Gasteiger charge is -2.19. The van der Waals surface area contributed by atoms with Gasteiger partial charge < -0.3 is 20.7 Å². The van der Waals surface area contributed by atoms with E-state index in [0.29, 0.717) is 12.1 Å². The maximum absolute atomic E-state index is 11.4. The summed E-state index contributed by atoms with van der Waals surface area (Å²) in [5, 5.41) is 8.51. The lowest BCUT2D eigenvalue weighted by molar-refractivity contribution is 0.0527. The normalized spacial score (nSPS) is 10.7. The Morgan fingerprint density at radius 2 is 1.73 bits per heavy atom. The minimum Gasteiger partial charge on any atom is -0.444 e. The van der Waals surface area contributed by atoms with Crippen LogP contribution in [-0.2, 0) is 4.74 Å². The second-order valence-corrected chi connectivity index (χ2v) is 5.87. The van der Waals surface area contributed by atoms with Crippen LogP contribution in [-0.4, -0.2) is 37.7 Å². The Balaban J connectivity index is 2.22. The lowest BCUT2D eigenvalue weighted by Crippen LogP contribution is -2.33. The van der Waals surface area contributed by atoms with Gasteiger partial charge in [0, 0.05) is 31.4 Å². The number of hydrogen-bond donors (Lipinski definition) is 3. The SMILES string of the molecule is CNC(=O)c1ccc(NCCCNC(=O)OC(C)(C)C)cc1. The van der Waals surface area contributed by atoms with Gasteiger partial charge in [-0.2, -0.15) is 0 Å². The van der Waals surface area contributed by atoms with Crippen molar-refractivity contribution in [2.75, 3.05) is 25.5 Å². The summed E-state index contributed by atoms with van der Waals surface area (Å²) in [5.74, 6) is -0.104. The quantitative estimate of drug-likeness (QED) is 0.705. The molecule has 2 amide bonds. The molecular formula is C16H25N3O3. The van der Waals surface area contributed by atoms with Crippen LogP contribution in [0, 0.1) is 0 Å². The fourth-order valence-corrected chi connectivity index (χ4v) is 1.71. The van der Waals surface area contributed by atoms with Gasteiger partial charge in [0.05, 0.1) is 0 Å². The Morgan fingerprint density at radius 3 is 2.27 bits per heavy atom. The third-order valence-corrected chi connectivity index (χ3v) is 2.73. The fourth-order valence-electron chi connectivity index (χ4n) is 1.71. The molecule has 22 heavy (non-hydrogen) atoms. The van der Waals surface area contributed by atoms with Gasteiger partial charge in [-0.25, -0.2) is 4.79 Å². The van der Waals surface area contributed by atoms with Crippen molar-refractivity contribution in [3.05, 3.63) is 29.8 Å². The van der Waals surface area contributed by atoms with Crippen molar-refractivity contribution < 1.29 is 14.3 Å². The molecule has 0 saturated heterocycles. The number of hydrogen-bond acceptors (Lipinski definition) is 4. The molecule has 0 bridgehead atoms. The molecule has 1 aromatic rings. The van der Waals surface area contributed by atoms with Crippen LogP contribution < -0.4 is 16.0 Å². The summed E-state index contributed by atoms with van der Waals surface area (Å²) >= 11 is 0. The lowest BCUT2D eigenvalue weighted by atomic mass is 10.2. The maximum atomic E-state index is 11.4. The zero-order valence-corrected chi connectivity index (χ0v) is 13.7. The van der Waals surface area contributed by atoms with Gasteiger partial charge in [0.15, 0.2) is 0 Å². The number of alkyl carbamates (subject to hydrolysis) is 1. The van der Waals surface area contributed by atoms with Gasteiger partial charge in [-0.3, -0.25) is 4.79 Å². The average Bonchev–Trinajstić information content (AvgIpc) is 2.45. The van der Waals surface area contributed by atoms with E-state index in [1.807, 2.05) is 32.9 Å². The third kappa shape index (κ3) is 6.97. The zero-order chi connectivity index (χ0) is 16.6. The average molecular weight is 307 g/mol. The number of ether oxygens (including phenoxy) is 1. The van der Waals surface area contributed by atoms with Crippen LogP contribution in [0.5, 0.6) is 0 Å². The molecule has 6 heteroatoms. The largest absolute Gasteiger partial charge is 0.444 e. The molecule has 6 nitrogen and oxygen atoms in total. The molecule has 0 fully saturated rings. The first-order valence-electron chi connectivity index (χ1n) is 7.34. The molecule has 3 N–H and O–H groups in total. The van der Waals surface area contributed by atoms with Crippen molar-refractivity contribution in [2.45, 2.75) is 32.8 Å². The molecule has 0 aliphatic carbocycles. The topological polar surface area (TPSA) is 79.5 Å². The molecular weight excluding hydrogens is 282 g/mol. The highest BCUT2D eigenvalue weighted by Crippen LogP contribution is 2.09. The predicted octanol–water partition coefficient (Wildman–Crippen LogP) is 2.37. The monoisotopic (exact) mass is 307 g/mol. The fraction of sp³-hybridized carbons (Fsp3) is 0.500. The van der Waals surface area contributed by atoms with E-state index in [4.69, 9.17) is 4.74 Å². The molecule has 0 saturated carbocycles. The standard InChI is InChI=1S/C16H25N3O3/c1-16(2,3)22-15(21)19-11-5-10-18-13-8-6-12(7-9-13)14(20)17-4/h6-9,18H,5,10-11H2,1-4H3,(H,17,20)(H,19,21). The molecule has 0 aliphatic heterocycles. The van der Waals surface area contributed by atoms with Crippen LogP contribution in [0.4, 0.5) is 10.5 Å². The van der Waals surface area contributed by atoms with E-state index < -0.39 is 11.7 Å². The number of carbonyl (C=O) groups excluding carboxylic acids is 2. The summed E-state index contributed by atoms with van der Waals surface area (Å²) in [7, 11) is 1.60. The van der Waals surface area contributed by atoms with Gasteiger partial charge in [-0.15, -0.1) is 0 Å². The van der Waals surface area contributed by atoms with E-state index in [-0.39, 0.29) is 5.91 Å². The van der Waals surface area contributed by atoms with Crippen molar-refractivity contribution in [1.82, 2.24) is 10.6 Å². The van der Waals surface area contributed by atoms with Crippen molar-refractivity contribution in [2.24, 2.45) is 0 Å². The van der Waals surface area contributed by atoms with Crippen LogP contribution in [0.3, 0.4) is 0 Å². The number of anilines is 1. The predicted molar refractivity (Wildman–Crippen MR) is 87.2 cm³/mol. The van der Waals surface area contributed by atoms with Crippen LogP contribution >= 0.6 is 0 Å². The van der Waals surface area contributed by atoms with Gasteiger partial charge in [-0.1, -0.05) is 0 Å². The summed E-state index contributed by atoms with van der Waals surface area (Å²) in [6.45, 7) is 6.75. The van der Waals surface area contributed by atoms with E-state index in [0.717, 1.165) is 18.7 Å². The molecule has 122 valence electrons. The number of rotatable bonds is 6. The van der Waals surface area contributed by atoms with Gasteiger partial charge >= 0.3 is 6.09 Å². The van der Waals surface area contributed by atoms with Crippen LogP contribution in [0.25, 0.3) is 0 Å². The van der Waals surface area contributed by atoms with Crippen LogP contribution in [0.2, 0.25) is 0 Å². The Bertz CT molecular complexity index is 492. The summed E-state index contributed by atoms with van der Waals surface area (Å²) in [6.07, 6.45) is 0.374. The van der Waals surface area contributed by atoms with E-state index in [2.05, 4.69) is 16.0 Å². The van der Waals surface area contributed by atoms with Crippen molar-refractivity contribution >= 4 is 17.7 Å². The minimum atomic E-state index is -0.477. The van der Waals surface area contributed by atoms with E-state index in [9.17, 15) is 9.59 Å². The first-order valence-corrected chi connectivity index (χ1v) is 7.34. The van der Waals surface area contributed by atoms with Gasteiger partial charge in [0.25, 0.3) is 5.91 Å². The van der Waals surface area contributed by atoms with Crippen molar-refractivity contribution in [1.29, 1.82) is 0 Å². The molecule has 0 unspecified atom stereocenters. The smallest absolute Gasteiger partial charge is 0.407 e. The minimum absolute atomic E-state index is 0.104. The summed E-state index contributed by atoms with van der Waals surface area (Å²) in [6, 6.07) is 7.23. The van der Waals surface area contributed by atoms with Gasteiger partial charge in [0.2, 0.25) is 0 Å². The van der Waals surface area contributed by atoms with Gasteiger partial charge in [-0.05, 0) is 51.5 Å². The molecule has 0 radical (unpaired) electrons. The summed E-state index contributed by atoms with van der Waals surface area (Å²) < 4.78 is 5.14. The zero-order valence-electron chi connectivity index (χ0n) is 13.7. The molecule has 1 aromatic carbocycles. The summed E-state index contributed by atoms with van der Waals surface area (Å²) in [5.41, 5.74) is 1.08. The van der Waals surface area contributed by atoms with Crippen LogP contribution in [0.1, 0.15) is 37.6 Å². The first-order chi connectivity index (χ1) is 10.3. The van der Waals surface area contributed by atoms with Gasteiger partial charge in [0.1, 0.15) is 5.60 Å².